The molecule has 0 radical (unpaired) electrons. The molecule has 0 fully saturated rings. The number of fused-ring (bicyclic) bond motifs is 1. The molecule has 3 rings (SSSR count). The molecule has 0 saturated heterocycles. The SMILES string of the molecule is CCN(c1cc(N)cc(Cl)n1)c1cccc2ccccc12. The Morgan fingerprint density at radius 3 is 2.62 bits per heavy atom. The van der Waals surface area contributed by atoms with Crippen molar-refractivity contribution in [3.05, 3.63) is 59.8 Å². The van der Waals surface area contributed by atoms with Gasteiger partial charge in [0.25, 0.3) is 0 Å². The molecule has 0 amide bonds. The molecule has 2 aromatic carbocycles. The van der Waals surface area contributed by atoms with Gasteiger partial charge >= 0.3 is 0 Å². The van der Waals surface area contributed by atoms with Crippen LogP contribution < -0.4 is 10.6 Å². The predicted octanol–water partition coefficient (Wildman–Crippen LogP) is 4.63. The van der Waals surface area contributed by atoms with E-state index in [2.05, 4.69) is 41.1 Å². The maximum Gasteiger partial charge on any atom is 0.136 e. The van der Waals surface area contributed by atoms with Crippen molar-refractivity contribution in [2.75, 3.05) is 17.2 Å². The molecule has 2 N–H and O–H groups in total. The van der Waals surface area contributed by atoms with Crippen LogP contribution in [0.4, 0.5) is 17.2 Å². The molecule has 0 spiro atoms. The highest BCUT2D eigenvalue weighted by Crippen LogP contribution is 2.32. The number of aromatic nitrogens is 1. The summed E-state index contributed by atoms with van der Waals surface area (Å²) in [4.78, 5) is 6.52. The summed E-state index contributed by atoms with van der Waals surface area (Å²) in [5.74, 6) is 0.763. The van der Waals surface area contributed by atoms with Gasteiger partial charge in [0.15, 0.2) is 0 Å². The van der Waals surface area contributed by atoms with E-state index in [1.54, 1.807) is 6.07 Å². The Balaban J connectivity index is 2.18. The Kier molecular flexibility index (Phi) is 3.67. The van der Waals surface area contributed by atoms with Crippen LogP contribution in [0.1, 0.15) is 6.92 Å². The fraction of sp³-hybridized carbons (Fsp3) is 0.118. The van der Waals surface area contributed by atoms with Crippen molar-refractivity contribution < 1.29 is 0 Å². The highest BCUT2D eigenvalue weighted by atomic mass is 35.5. The smallest absolute Gasteiger partial charge is 0.136 e. The summed E-state index contributed by atoms with van der Waals surface area (Å²) >= 11 is 6.04. The molecule has 0 aliphatic carbocycles. The number of halogens is 1. The van der Waals surface area contributed by atoms with Gasteiger partial charge < -0.3 is 10.6 Å². The van der Waals surface area contributed by atoms with Gasteiger partial charge in [-0.05, 0) is 24.4 Å². The van der Waals surface area contributed by atoms with Crippen LogP contribution >= 0.6 is 11.6 Å². The number of nitrogens with two attached hydrogens (primary N) is 1. The fourth-order valence-corrected chi connectivity index (χ4v) is 2.75. The average molecular weight is 298 g/mol. The van der Waals surface area contributed by atoms with Gasteiger partial charge in [0, 0.05) is 23.7 Å². The molecule has 3 nitrogen and oxygen atoms in total. The number of pyridine rings is 1. The molecule has 4 heteroatoms. The zero-order valence-electron chi connectivity index (χ0n) is 11.8. The van der Waals surface area contributed by atoms with Gasteiger partial charge in [-0.2, -0.15) is 0 Å². The summed E-state index contributed by atoms with van der Waals surface area (Å²) in [6.45, 7) is 2.86. The van der Waals surface area contributed by atoms with Crippen LogP contribution in [0, 0.1) is 0 Å². The van der Waals surface area contributed by atoms with Crippen molar-refractivity contribution in [2.45, 2.75) is 6.92 Å². The minimum atomic E-state index is 0.406. The van der Waals surface area contributed by atoms with Gasteiger partial charge in [0.2, 0.25) is 0 Å². The van der Waals surface area contributed by atoms with E-state index in [1.165, 1.54) is 10.8 Å². The number of hydrogen-bond acceptors (Lipinski definition) is 3. The van der Waals surface area contributed by atoms with E-state index in [9.17, 15) is 0 Å². The zero-order valence-corrected chi connectivity index (χ0v) is 12.5. The molecule has 0 saturated carbocycles. The molecule has 106 valence electrons. The van der Waals surface area contributed by atoms with Crippen LogP contribution in [-0.4, -0.2) is 11.5 Å². The number of benzene rings is 2. The zero-order chi connectivity index (χ0) is 14.8. The molecular weight excluding hydrogens is 282 g/mol. The molecule has 0 unspecified atom stereocenters. The third-order valence-electron chi connectivity index (χ3n) is 3.45. The Morgan fingerprint density at radius 1 is 1.10 bits per heavy atom. The first-order valence-electron chi connectivity index (χ1n) is 6.87. The molecule has 1 heterocycles. The van der Waals surface area contributed by atoms with Crippen molar-refractivity contribution in [3.63, 3.8) is 0 Å². The fourth-order valence-electron chi connectivity index (χ4n) is 2.54. The summed E-state index contributed by atoms with van der Waals surface area (Å²) in [6.07, 6.45) is 0. The first-order valence-corrected chi connectivity index (χ1v) is 7.25. The monoisotopic (exact) mass is 297 g/mol. The number of hydrogen-bond donors (Lipinski definition) is 1. The first-order chi connectivity index (χ1) is 10.2. The van der Waals surface area contributed by atoms with Crippen LogP contribution in [-0.2, 0) is 0 Å². The normalized spacial score (nSPS) is 10.8. The number of nitrogens with zero attached hydrogens (tertiary/aromatic N) is 2. The predicted molar refractivity (Wildman–Crippen MR) is 90.3 cm³/mol. The van der Waals surface area contributed by atoms with Crippen LogP contribution in [0.25, 0.3) is 10.8 Å². The second-order valence-corrected chi connectivity index (χ2v) is 5.21. The molecule has 0 atom stereocenters. The summed E-state index contributed by atoms with van der Waals surface area (Å²) in [6, 6.07) is 18.0. The lowest BCUT2D eigenvalue weighted by molar-refractivity contribution is 0.996. The lowest BCUT2D eigenvalue weighted by Crippen LogP contribution is -2.18. The summed E-state index contributed by atoms with van der Waals surface area (Å²) < 4.78 is 0. The number of nitrogen functional groups attached to an aromatic ring is 1. The van der Waals surface area contributed by atoms with Crippen molar-refractivity contribution in [2.24, 2.45) is 0 Å². The van der Waals surface area contributed by atoms with Gasteiger partial charge in [-0.1, -0.05) is 48.0 Å². The van der Waals surface area contributed by atoms with E-state index in [0.29, 0.717) is 10.8 Å². The standard InChI is InChI=1S/C17H16ClN3/c1-2-21(17-11-13(19)10-16(18)20-17)15-9-5-7-12-6-3-4-8-14(12)15/h3-11H,2H2,1H3,(H2,19,20). The third kappa shape index (κ3) is 2.65. The highest BCUT2D eigenvalue weighted by molar-refractivity contribution is 6.29. The molecular formula is C17H16ClN3. The Bertz CT molecular complexity index is 760. The third-order valence-corrected chi connectivity index (χ3v) is 3.65. The van der Waals surface area contributed by atoms with Crippen LogP contribution in [0.5, 0.6) is 0 Å². The minimum Gasteiger partial charge on any atom is -0.399 e. The average Bonchev–Trinajstić information content (AvgIpc) is 2.47. The van der Waals surface area contributed by atoms with Gasteiger partial charge in [0.05, 0.1) is 5.69 Å². The Labute approximate surface area is 129 Å². The largest absolute Gasteiger partial charge is 0.399 e. The summed E-state index contributed by atoms with van der Waals surface area (Å²) in [5.41, 5.74) is 7.61. The Morgan fingerprint density at radius 2 is 1.86 bits per heavy atom. The second kappa shape index (κ2) is 5.62. The van der Waals surface area contributed by atoms with Crippen LogP contribution in [0.3, 0.4) is 0 Å². The van der Waals surface area contributed by atoms with Gasteiger partial charge in [0.1, 0.15) is 11.0 Å². The summed E-state index contributed by atoms with van der Waals surface area (Å²) in [7, 11) is 0. The lowest BCUT2D eigenvalue weighted by Gasteiger charge is -2.24. The molecule has 3 aromatic rings. The number of rotatable bonds is 3. The molecule has 0 bridgehead atoms. The quantitative estimate of drug-likeness (QED) is 0.717. The van der Waals surface area contributed by atoms with Crippen molar-refractivity contribution >= 4 is 39.6 Å². The van der Waals surface area contributed by atoms with Crippen molar-refractivity contribution in [1.29, 1.82) is 0 Å². The van der Waals surface area contributed by atoms with E-state index in [-0.39, 0.29) is 0 Å². The summed E-state index contributed by atoms with van der Waals surface area (Å²) in [5, 5.41) is 2.79. The van der Waals surface area contributed by atoms with E-state index < -0.39 is 0 Å². The lowest BCUT2D eigenvalue weighted by atomic mass is 10.1. The second-order valence-electron chi connectivity index (χ2n) is 4.82. The molecule has 1 aromatic heterocycles. The molecule has 21 heavy (non-hydrogen) atoms. The first kappa shape index (κ1) is 13.7. The van der Waals surface area contributed by atoms with Gasteiger partial charge in [-0.15, -0.1) is 0 Å². The highest BCUT2D eigenvalue weighted by Gasteiger charge is 2.12. The molecule has 0 aliphatic heterocycles. The van der Waals surface area contributed by atoms with Crippen LogP contribution in [0.2, 0.25) is 5.15 Å². The van der Waals surface area contributed by atoms with E-state index in [1.807, 2.05) is 24.3 Å². The number of anilines is 3. The van der Waals surface area contributed by atoms with E-state index in [4.69, 9.17) is 17.3 Å². The Hall–Kier alpha value is -2.26. The maximum atomic E-state index is 6.04. The van der Waals surface area contributed by atoms with Crippen LogP contribution in [0.15, 0.2) is 54.6 Å². The maximum absolute atomic E-state index is 6.04. The topological polar surface area (TPSA) is 42.1 Å². The van der Waals surface area contributed by atoms with Crippen molar-refractivity contribution in [1.82, 2.24) is 4.98 Å². The van der Waals surface area contributed by atoms with Crippen molar-refractivity contribution in [3.8, 4) is 0 Å². The van der Waals surface area contributed by atoms with Gasteiger partial charge in [-0.25, -0.2) is 4.98 Å². The van der Waals surface area contributed by atoms with E-state index in [0.717, 1.165) is 18.1 Å². The molecule has 0 aliphatic rings. The van der Waals surface area contributed by atoms with E-state index >= 15 is 0 Å². The minimum absolute atomic E-state index is 0.406. The van der Waals surface area contributed by atoms with Gasteiger partial charge in [-0.3, -0.25) is 0 Å².